The third kappa shape index (κ3) is 5.16. The number of hydrogen-bond donors (Lipinski definition) is 5. The van der Waals surface area contributed by atoms with E-state index in [1.165, 1.54) is 10.9 Å². The zero-order valence-electron chi connectivity index (χ0n) is 18.5. The van der Waals surface area contributed by atoms with Crippen molar-refractivity contribution in [1.82, 2.24) is 24.4 Å². The number of nitrogens with zero attached hydrogens (tertiary/aromatic N) is 5. The van der Waals surface area contributed by atoms with Gasteiger partial charge in [-0.15, -0.1) is 0 Å². The Morgan fingerprint density at radius 1 is 1.26 bits per heavy atom. The molecule has 0 aliphatic carbocycles. The van der Waals surface area contributed by atoms with E-state index < -0.39 is 44.4 Å². The number of amides is 1. The molecule has 35 heavy (non-hydrogen) atoms. The van der Waals surface area contributed by atoms with Gasteiger partial charge in [-0.25, -0.2) is 9.78 Å². The van der Waals surface area contributed by atoms with Gasteiger partial charge in [-0.05, 0) is 49.9 Å². The van der Waals surface area contributed by atoms with Gasteiger partial charge in [0, 0.05) is 6.54 Å². The SMILES string of the molecule is O=C(Nc1nc(Cl)nc2c1ncn2[C@@H]1O[C@H](CCP(=O)(O)O)C(O)C1O)OC1CN2CCC1CC2. The zero-order valence-corrected chi connectivity index (χ0v) is 20.1. The summed E-state index contributed by atoms with van der Waals surface area (Å²) in [5, 5.41) is 23.2. The van der Waals surface area contributed by atoms with Gasteiger partial charge in [-0.3, -0.25) is 19.3 Å². The number of anilines is 1. The summed E-state index contributed by atoms with van der Waals surface area (Å²) in [7, 11) is -4.31. The summed E-state index contributed by atoms with van der Waals surface area (Å²) >= 11 is 6.08. The third-order valence-electron chi connectivity index (χ3n) is 6.79. The van der Waals surface area contributed by atoms with E-state index in [0.29, 0.717) is 12.5 Å². The number of aliphatic hydroxyl groups is 2. The van der Waals surface area contributed by atoms with Gasteiger partial charge >= 0.3 is 13.7 Å². The highest BCUT2D eigenvalue weighted by atomic mass is 35.5. The highest BCUT2D eigenvalue weighted by molar-refractivity contribution is 7.51. The minimum atomic E-state index is -4.31. The molecule has 5 atom stereocenters. The van der Waals surface area contributed by atoms with E-state index >= 15 is 0 Å². The molecule has 0 radical (unpaired) electrons. The molecule has 6 heterocycles. The molecule has 6 rings (SSSR count). The first kappa shape index (κ1) is 24.8. The van der Waals surface area contributed by atoms with Crippen LogP contribution in [0.2, 0.25) is 5.28 Å². The molecule has 0 spiro atoms. The lowest BCUT2D eigenvalue weighted by molar-refractivity contribution is -0.0355. The molecule has 2 bridgehead atoms. The number of halogens is 1. The van der Waals surface area contributed by atoms with Crippen LogP contribution in [0.3, 0.4) is 0 Å². The van der Waals surface area contributed by atoms with Crippen molar-refractivity contribution in [2.75, 3.05) is 31.1 Å². The molecule has 2 aromatic rings. The third-order valence-corrected chi connectivity index (χ3v) is 7.80. The van der Waals surface area contributed by atoms with Crippen LogP contribution in [0.5, 0.6) is 0 Å². The topological polar surface area (TPSA) is 192 Å². The van der Waals surface area contributed by atoms with Crippen molar-refractivity contribution in [3.05, 3.63) is 11.6 Å². The van der Waals surface area contributed by atoms with Crippen LogP contribution in [0.1, 0.15) is 25.5 Å². The highest BCUT2D eigenvalue weighted by Gasteiger charge is 2.45. The average Bonchev–Trinajstić information content (AvgIpc) is 3.33. The molecule has 5 N–H and O–H groups in total. The smallest absolute Gasteiger partial charge is 0.413 e. The second-order valence-electron chi connectivity index (χ2n) is 9.10. The van der Waals surface area contributed by atoms with Gasteiger partial charge in [-0.1, -0.05) is 0 Å². The van der Waals surface area contributed by atoms with Crippen LogP contribution in [-0.4, -0.2) is 101 Å². The highest BCUT2D eigenvalue weighted by Crippen LogP contribution is 2.40. The van der Waals surface area contributed by atoms with Gasteiger partial charge in [0.2, 0.25) is 5.28 Å². The Morgan fingerprint density at radius 2 is 2.00 bits per heavy atom. The van der Waals surface area contributed by atoms with E-state index in [9.17, 15) is 19.6 Å². The number of imidazole rings is 1. The number of nitrogens with one attached hydrogen (secondary N) is 1. The van der Waals surface area contributed by atoms with Crippen molar-refractivity contribution in [2.45, 2.75) is 49.9 Å². The zero-order chi connectivity index (χ0) is 24.9. The maximum absolute atomic E-state index is 12.6. The Kier molecular flexibility index (Phi) is 6.74. The fourth-order valence-corrected chi connectivity index (χ4v) is 5.72. The second-order valence-corrected chi connectivity index (χ2v) is 11.2. The fourth-order valence-electron chi connectivity index (χ4n) is 4.96. The first-order valence-electron chi connectivity index (χ1n) is 11.3. The molecule has 16 heteroatoms. The van der Waals surface area contributed by atoms with E-state index in [1.54, 1.807) is 0 Å². The van der Waals surface area contributed by atoms with Crippen LogP contribution >= 0.6 is 19.2 Å². The molecular formula is C19H26ClN6O8P. The normalized spacial score (nSPS) is 32.8. The molecule has 3 unspecified atom stereocenters. The van der Waals surface area contributed by atoms with Gasteiger partial charge < -0.3 is 29.5 Å². The quantitative estimate of drug-likeness (QED) is 0.253. The average molecular weight is 533 g/mol. The van der Waals surface area contributed by atoms with Gasteiger partial charge in [0.1, 0.15) is 18.3 Å². The van der Waals surface area contributed by atoms with Gasteiger partial charge in [-0.2, -0.15) is 9.97 Å². The summed E-state index contributed by atoms with van der Waals surface area (Å²) < 4.78 is 23.8. The minimum Gasteiger partial charge on any atom is -0.444 e. The second kappa shape index (κ2) is 9.52. The monoisotopic (exact) mass is 532 g/mol. The Bertz CT molecular complexity index is 1150. The van der Waals surface area contributed by atoms with E-state index in [2.05, 4.69) is 25.2 Å². The molecule has 0 aromatic carbocycles. The van der Waals surface area contributed by atoms with Crippen molar-refractivity contribution >= 4 is 42.3 Å². The number of fused-ring (bicyclic) bond motifs is 4. The summed E-state index contributed by atoms with van der Waals surface area (Å²) in [4.78, 5) is 45.5. The molecule has 1 amide bonds. The van der Waals surface area contributed by atoms with Crippen LogP contribution < -0.4 is 5.32 Å². The summed E-state index contributed by atoms with van der Waals surface area (Å²) in [5.41, 5.74) is 0.277. The standard InChI is InChI=1S/C19H26ClN6O8P/c20-18-22-15(23-19(29)34-11-7-25-4-1-9(11)2-5-25)12-16(24-18)26(8-21-12)17-14(28)13(27)10(33-17)3-6-35(30,31)32/h8-11,13-14,17,27-28H,1-7H2,(H2,30,31,32)(H,22,23,24,29)/t10-,11?,13?,14?,17-/m1/s1. The van der Waals surface area contributed by atoms with Crippen molar-refractivity contribution in [1.29, 1.82) is 0 Å². The van der Waals surface area contributed by atoms with Crippen molar-refractivity contribution in [3.8, 4) is 0 Å². The number of carbonyl (C=O) groups is 1. The summed E-state index contributed by atoms with van der Waals surface area (Å²) in [6, 6.07) is 0. The molecule has 14 nitrogen and oxygen atoms in total. The first-order valence-corrected chi connectivity index (χ1v) is 13.4. The van der Waals surface area contributed by atoms with E-state index in [1.807, 2.05) is 0 Å². The van der Waals surface area contributed by atoms with Gasteiger partial charge in [0.05, 0.1) is 18.6 Å². The molecule has 2 aromatic heterocycles. The van der Waals surface area contributed by atoms with Crippen LogP contribution in [0, 0.1) is 5.92 Å². The molecule has 4 fully saturated rings. The van der Waals surface area contributed by atoms with Crippen LogP contribution in [-0.2, 0) is 14.0 Å². The van der Waals surface area contributed by atoms with Crippen molar-refractivity contribution < 1.29 is 38.8 Å². The Balaban J connectivity index is 1.33. The van der Waals surface area contributed by atoms with Crippen LogP contribution in [0.25, 0.3) is 11.2 Å². The van der Waals surface area contributed by atoms with E-state index in [-0.39, 0.29) is 34.8 Å². The van der Waals surface area contributed by atoms with E-state index in [4.69, 9.17) is 30.9 Å². The van der Waals surface area contributed by atoms with Crippen molar-refractivity contribution in [3.63, 3.8) is 0 Å². The molecular weight excluding hydrogens is 507 g/mol. The summed E-state index contributed by atoms with van der Waals surface area (Å²) in [6.07, 6.45) is -3.34. The lowest BCUT2D eigenvalue weighted by Crippen LogP contribution is -2.52. The van der Waals surface area contributed by atoms with Crippen molar-refractivity contribution in [2.24, 2.45) is 5.92 Å². The minimum absolute atomic E-state index is 0.0103. The Morgan fingerprint density at radius 3 is 2.66 bits per heavy atom. The molecule has 192 valence electrons. The number of carbonyl (C=O) groups excluding carboxylic acids is 1. The molecule has 0 saturated carbocycles. The fraction of sp³-hybridized carbons (Fsp3) is 0.684. The summed E-state index contributed by atoms with van der Waals surface area (Å²) in [5.74, 6) is 0.334. The van der Waals surface area contributed by atoms with Gasteiger partial charge in [0.15, 0.2) is 23.2 Å². The predicted octanol–water partition coefficient (Wildman–Crippen LogP) is 0.309. The lowest BCUT2D eigenvalue weighted by Gasteiger charge is -2.43. The number of aromatic nitrogens is 4. The predicted molar refractivity (Wildman–Crippen MR) is 121 cm³/mol. The Hall–Kier alpha value is -1.90. The summed E-state index contributed by atoms with van der Waals surface area (Å²) in [6.45, 7) is 2.71. The number of hydrogen-bond acceptors (Lipinski definition) is 10. The number of ether oxygens (including phenoxy) is 2. The number of rotatable bonds is 6. The number of piperidine rings is 3. The molecule has 4 aliphatic rings. The lowest BCUT2D eigenvalue weighted by atomic mass is 9.86. The number of aliphatic hydroxyl groups excluding tert-OH is 2. The van der Waals surface area contributed by atoms with E-state index in [0.717, 1.165) is 25.9 Å². The molecule has 4 saturated heterocycles. The first-order chi connectivity index (χ1) is 16.6. The van der Waals surface area contributed by atoms with Crippen LogP contribution in [0.15, 0.2) is 6.33 Å². The van der Waals surface area contributed by atoms with Gasteiger partial charge in [0.25, 0.3) is 0 Å². The van der Waals surface area contributed by atoms with Crippen LogP contribution in [0.4, 0.5) is 10.6 Å². The Labute approximate surface area is 204 Å². The maximum Gasteiger partial charge on any atom is 0.413 e. The maximum atomic E-state index is 12.6. The largest absolute Gasteiger partial charge is 0.444 e. The molecule has 4 aliphatic heterocycles.